The normalized spacial score (nSPS) is 13.0. The number of para-hydroxylation sites is 1. The molecule has 0 radical (unpaired) electrons. The molecule has 11 nitrogen and oxygen atoms in total. The van der Waals surface area contributed by atoms with Crippen LogP contribution in [-0.2, 0) is 30.7 Å². The maximum absolute atomic E-state index is 14.7. The Balaban J connectivity index is 1.29. The van der Waals surface area contributed by atoms with E-state index in [2.05, 4.69) is 37.2 Å². The SMILES string of the molecule is [C-]#[N+]CCOP(OC[C@H](COC(c1ccccc1)(c1ccc(OC)cc1)c1ccc(OC)cc1)CC(=O)Cn1c2ccccc2c2cc3ccc(=O)oc3cc21)N(C(C)C)C(C)C. The van der Waals surface area contributed by atoms with Gasteiger partial charge in [0.15, 0.2) is 5.78 Å². The first-order chi connectivity index (χ1) is 30.6. The van der Waals surface area contributed by atoms with Gasteiger partial charge in [0.25, 0.3) is 8.53 Å². The zero-order chi connectivity index (χ0) is 44.5. The molecule has 0 bridgehead atoms. The summed E-state index contributed by atoms with van der Waals surface area (Å²) in [7, 11) is 1.67. The van der Waals surface area contributed by atoms with Gasteiger partial charge in [-0.15, -0.1) is 0 Å². The van der Waals surface area contributed by atoms with Crippen molar-refractivity contribution in [3.8, 4) is 11.5 Å². The van der Waals surface area contributed by atoms with Gasteiger partial charge >= 0.3 is 5.63 Å². The predicted molar refractivity (Wildman–Crippen MR) is 249 cm³/mol. The molecule has 12 heteroatoms. The Hall–Kier alpha value is -5.86. The molecule has 0 aliphatic heterocycles. The van der Waals surface area contributed by atoms with Gasteiger partial charge < -0.3 is 37.1 Å². The third-order valence-corrected chi connectivity index (χ3v) is 13.2. The van der Waals surface area contributed by atoms with Crippen LogP contribution in [0.2, 0.25) is 0 Å². The zero-order valence-electron chi connectivity index (χ0n) is 36.7. The van der Waals surface area contributed by atoms with Crippen LogP contribution in [-0.4, -0.2) is 67.7 Å². The average Bonchev–Trinajstić information content (AvgIpc) is 3.59. The van der Waals surface area contributed by atoms with Gasteiger partial charge in [-0.1, -0.05) is 72.8 Å². The fourth-order valence-corrected chi connectivity index (χ4v) is 9.98. The predicted octanol–water partition coefficient (Wildman–Crippen LogP) is 10.8. The highest BCUT2D eigenvalue weighted by molar-refractivity contribution is 7.44. The van der Waals surface area contributed by atoms with E-state index in [1.54, 1.807) is 20.3 Å². The standard InChI is InChI=1S/C51H54N3O8P/c1-35(2)54(36(3)4)63(60-28-27-52-5)61-34-37(29-42(55)32-53-47-16-12-11-15-45(47)46-30-38-17-26-50(56)62-49(38)31-48(46)53)33-59-51(39-13-9-8-10-14-39,40-18-22-43(57-6)23-19-40)41-20-24-44(58-7)25-21-41/h8-26,30-31,35-37H,27-29,32-34H2,1-4,6-7H3/t37-,63?/m0/s1. The number of methoxy groups -OCH3 is 2. The van der Waals surface area contributed by atoms with Crippen LogP contribution >= 0.6 is 8.53 Å². The van der Waals surface area contributed by atoms with Crippen molar-refractivity contribution in [2.75, 3.05) is 40.6 Å². The fraction of sp³-hybridized carbons (Fsp3) is 0.314. The Kier molecular flexibility index (Phi) is 14.7. The lowest BCUT2D eigenvalue weighted by Crippen LogP contribution is -2.37. The van der Waals surface area contributed by atoms with Crippen LogP contribution in [0, 0.1) is 12.5 Å². The topological polar surface area (TPSA) is 106 Å². The molecule has 2 heterocycles. The van der Waals surface area contributed by atoms with Gasteiger partial charge in [0.05, 0.1) is 39.5 Å². The maximum atomic E-state index is 14.7. The van der Waals surface area contributed by atoms with Crippen LogP contribution in [0.4, 0.5) is 0 Å². The number of carbonyl (C=O) groups excluding carboxylic acids is 1. The van der Waals surface area contributed by atoms with Crippen LogP contribution < -0.4 is 15.1 Å². The molecule has 2 atom stereocenters. The lowest BCUT2D eigenvalue weighted by atomic mass is 9.79. The maximum Gasteiger partial charge on any atom is 0.336 e. The molecule has 0 amide bonds. The first-order valence-corrected chi connectivity index (χ1v) is 22.3. The summed E-state index contributed by atoms with van der Waals surface area (Å²) >= 11 is 0. The summed E-state index contributed by atoms with van der Waals surface area (Å²) < 4.78 is 41.4. The Labute approximate surface area is 369 Å². The molecule has 1 unspecified atom stereocenters. The summed E-state index contributed by atoms with van der Waals surface area (Å²) in [4.78, 5) is 30.5. The van der Waals surface area contributed by atoms with Crippen molar-refractivity contribution in [2.24, 2.45) is 5.92 Å². The second-order valence-electron chi connectivity index (χ2n) is 16.0. The molecule has 5 aromatic carbocycles. The molecule has 0 saturated carbocycles. The van der Waals surface area contributed by atoms with E-state index < -0.39 is 25.7 Å². The number of benzene rings is 5. The Morgan fingerprint density at radius 3 is 1.98 bits per heavy atom. The van der Waals surface area contributed by atoms with Crippen molar-refractivity contribution in [3.05, 3.63) is 166 Å². The van der Waals surface area contributed by atoms with Crippen molar-refractivity contribution in [1.82, 2.24) is 9.24 Å². The Bertz CT molecular complexity index is 2670. The smallest absolute Gasteiger partial charge is 0.336 e. The molecule has 0 aliphatic carbocycles. The number of ether oxygens (including phenoxy) is 3. The first kappa shape index (κ1) is 45.2. The summed E-state index contributed by atoms with van der Waals surface area (Å²) in [5.74, 6) is 0.934. The molecule has 0 N–H and O–H groups in total. The number of aromatic nitrogens is 1. The van der Waals surface area contributed by atoms with Crippen LogP contribution in [0.15, 0.2) is 137 Å². The number of rotatable bonds is 21. The van der Waals surface area contributed by atoms with Crippen LogP contribution in [0.3, 0.4) is 0 Å². The van der Waals surface area contributed by atoms with Crippen LogP contribution in [0.25, 0.3) is 37.6 Å². The van der Waals surface area contributed by atoms with Gasteiger partial charge in [0.1, 0.15) is 29.3 Å². The number of carbonyl (C=O) groups is 1. The van der Waals surface area contributed by atoms with Gasteiger partial charge in [-0.25, -0.2) is 16.0 Å². The number of fused-ring (bicyclic) bond motifs is 4. The van der Waals surface area contributed by atoms with Gasteiger partial charge in [-0.05, 0) is 86.8 Å². The molecule has 63 heavy (non-hydrogen) atoms. The molecule has 0 fully saturated rings. The number of hydrogen-bond acceptors (Lipinski definition) is 9. The van der Waals surface area contributed by atoms with Gasteiger partial charge in [0, 0.05) is 58.2 Å². The van der Waals surface area contributed by atoms with Crippen molar-refractivity contribution >= 4 is 47.1 Å². The highest BCUT2D eigenvalue weighted by atomic mass is 31.2. The van der Waals surface area contributed by atoms with E-state index in [9.17, 15) is 9.59 Å². The molecule has 0 spiro atoms. The van der Waals surface area contributed by atoms with Gasteiger partial charge in [0.2, 0.25) is 6.54 Å². The summed E-state index contributed by atoms with van der Waals surface area (Å²) in [6.07, 6.45) is 0.112. The zero-order valence-corrected chi connectivity index (χ0v) is 37.5. The largest absolute Gasteiger partial charge is 0.497 e. The summed E-state index contributed by atoms with van der Waals surface area (Å²) in [6, 6.07) is 41.0. The highest BCUT2D eigenvalue weighted by Crippen LogP contribution is 2.47. The van der Waals surface area contributed by atoms with Gasteiger partial charge in [-0.3, -0.25) is 4.79 Å². The third-order valence-electron chi connectivity index (χ3n) is 11.1. The molecular weight excluding hydrogens is 814 g/mol. The minimum atomic E-state index is -1.61. The molecular formula is C51H54N3O8P. The van der Waals surface area contributed by atoms with E-state index in [0.29, 0.717) is 17.1 Å². The lowest BCUT2D eigenvalue weighted by molar-refractivity contribution is -0.122. The molecule has 326 valence electrons. The van der Waals surface area contributed by atoms with Crippen molar-refractivity contribution < 1.29 is 32.5 Å². The first-order valence-electron chi connectivity index (χ1n) is 21.2. The van der Waals surface area contributed by atoms with Crippen molar-refractivity contribution in [2.45, 2.75) is 58.3 Å². The Morgan fingerprint density at radius 1 is 0.746 bits per heavy atom. The van der Waals surface area contributed by atoms with Crippen molar-refractivity contribution in [1.29, 1.82) is 0 Å². The summed E-state index contributed by atoms with van der Waals surface area (Å²) in [5, 5.41) is 2.75. The van der Waals surface area contributed by atoms with E-state index >= 15 is 0 Å². The number of Topliss-reactive ketones (excluding diaryl/α,β-unsaturated/α-hetero) is 1. The van der Waals surface area contributed by atoms with E-state index in [-0.39, 0.29) is 57.2 Å². The van der Waals surface area contributed by atoms with E-state index in [0.717, 1.165) is 43.9 Å². The molecule has 7 rings (SSSR count). The number of hydrogen-bond donors (Lipinski definition) is 0. The minimum absolute atomic E-state index is 0.0357. The molecule has 0 aliphatic rings. The summed E-state index contributed by atoms with van der Waals surface area (Å²) in [5.41, 5.74) is 3.20. The quantitative estimate of drug-likeness (QED) is 0.0229. The fourth-order valence-electron chi connectivity index (χ4n) is 8.30. The number of nitrogens with zero attached hydrogens (tertiary/aromatic N) is 3. The highest BCUT2D eigenvalue weighted by Gasteiger charge is 2.39. The summed E-state index contributed by atoms with van der Waals surface area (Å²) in [6.45, 7) is 16.5. The van der Waals surface area contributed by atoms with Gasteiger partial charge in [-0.2, -0.15) is 0 Å². The second-order valence-corrected chi connectivity index (χ2v) is 17.5. The van der Waals surface area contributed by atoms with E-state index in [1.165, 1.54) is 6.07 Å². The number of ketones is 1. The average molecular weight is 868 g/mol. The van der Waals surface area contributed by atoms with Crippen LogP contribution in [0.1, 0.15) is 50.8 Å². The van der Waals surface area contributed by atoms with E-state index in [1.807, 2.05) is 120 Å². The minimum Gasteiger partial charge on any atom is -0.497 e. The van der Waals surface area contributed by atoms with Crippen LogP contribution in [0.5, 0.6) is 11.5 Å². The monoisotopic (exact) mass is 867 g/mol. The molecule has 0 saturated heterocycles. The van der Waals surface area contributed by atoms with E-state index in [4.69, 9.17) is 34.2 Å². The molecule has 2 aromatic heterocycles. The Morgan fingerprint density at radius 2 is 1.37 bits per heavy atom. The molecule has 7 aromatic rings. The lowest BCUT2D eigenvalue weighted by Gasteiger charge is -2.38. The second kappa shape index (κ2) is 20.5. The third kappa shape index (κ3) is 10.0. The van der Waals surface area contributed by atoms with Crippen molar-refractivity contribution in [3.63, 3.8) is 0 Å².